The van der Waals surface area contributed by atoms with Gasteiger partial charge in [-0.2, -0.15) is 0 Å². The summed E-state index contributed by atoms with van der Waals surface area (Å²) in [4.78, 5) is 47.3. The molecule has 1 amide bonds. The molecule has 48 heavy (non-hydrogen) atoms. The third-order valence-corrected chi connectivity index (χ3v) is 13.4. The number of hydrogen-bond acceptors (Lipinski definition) is 11. The lowest BCUT2D eigenvalue weighted by Crippen LogP contribution is -2.48. The molecule has 5 atom stereocenters. The number of sulfonamides is 1. The predicted octanol–water partition coefficient (Wildman–Crippen LogP) is 4.22. The zero-order valence-electron chi connectivity index (χ0n) is 27.1. The number of oxazole rings is 1. The number of thiophene rings is 1. The number of ether oxygens (including phenoxy) is 3. The van der Waals surface area contributed by atoms with Gasteiger partial charge in [-0.3, -0.25) is 18.9 Å². The summed E-state index contributed by atoms with van der Waals surface area (Å²) in [7, 11) is -2.45. The lowest BCUT2D eigenvalue weighted by Gasteiger charge is -2.32. The third-order valence-electron chi connectivity index (χ3n) is 9.91. The van der Waals surface area contributed by atoms with Gasteiger partial charge >= 0.3 is 5.69 Å². The van der Waals surface area contributed by atoms with Crippen LogP contribution in [0.4, 0.5) is 0 Å². The number of carbonyl (C=O) groups is 1. The van der Waals surface area contributed by atoms with Gasteiger partial charge in [-0.15, -0.1) is 11.3 Å². The highest BCUT2D eigenvalue weighted by molar-refractivity contribution is 7.91. The molecule has 0 unspecified atom stereocenters. The summed E-state index contributed by atoms with van der Waals surface area (Å²) in [5, 5.41) is 0.201. The van der Waals surface area contributed by atoms with Crippen molar-refractivity contribution >= 4 is 37.5 Å². The number of carbonyl (C=O) groups excluding carboxylic acids is 1. The van der Waals surface area contributed by atoms with Crippen LogP contribution < -0.4 is 20.7 Å². The van der Waals surface area contributed by atoms with Crippen molar-refractivity contribution < 1.29 is 31.8 Å². The summed E-state index contributed by atoms with van der Waals surface area (Å²) in [6.07, 6.45) is 6.50. The highest BCUT2D eigenvalue weighted by Gasteiger charge is 2.51. The van der Waals surface area contributed by atoms with E-state index in [4.69, 9.17) is 18.6 Å². The van der Waals surface area contributed by atoms with Crippen molar-refractivity contribution in [2.45, 2.75) is 101 Å². The lowest BCUT2D eigenvalue weighted by atomic mass is 10.0. The first-order chi connectivity index (χ1) is 22.9. The summed E-state index contributed by atoms with van der Waals surface area (Å²) in [5.41, 5.74) is -0.258. The van der Waals surface area contributed by atoms with Gasteiger partial charge in [-0.1, -0.05) is 18.2 Å². The first-order valence-electron chi connectivity index (χ1n) is 16.1. The first kappa shape index (κ1) is 32.7. The predicted molar refractivity (Wildman–Crippen MR) is 178 cm³/mol. The number of rotatable bonds is 11. The highest BCUT2D eigenvalue weighted by atomic mass is 32.2. The van der Waals surface area contributed by atoms with Crippen molar-refractivity contribution in [3.8, 4) is 16.5 Å². The van der Waals surface area contributed by atoms with E-state index in [0.717, 1.165) is 17.4 Å². The Kier molecular flexibility index (Phi) is 8.37. The van der Waals surface area contributed by atoms with Crippen LogP contribution in [0.1, 0.15) is 75.6 Å². The van der Waals surface area contributed by atoms with Crippen LogP contribution in [-0.2, 0) is 30.8 Å². The minimum Gasteiger partial charge on any atom is -0.496 e. The Morgan fingerprint density at radius 2 is 1.90 bits per heavy atom. The van der Waals surface area contributed by atoms with Crippen molar-refractivity contribution in [1.29, 1.82) is 0 Å². The molecular formula is C33H38N4O9S2. The minimum atomic E-state index is -4.02. The molecule has 256 valence electrons. The Morgan fingerprint density at radius 3 is 2.54 bits per heavy atom. The fourth-order valence-electron chi connectivity index (χ4n) is 6.78. The molecule has 3 fully saturated rings. The van der Waals surface area contributed by atoms with Crippen molar-refractivity contribution in [2.75, 3.05) is 7.11 Å². The summed E-state index contributed by atoms with van der Waals surface area (Å²) in [6, 6.07) is 5.97. The summed E-state index contributed by atoms with van der Waals surface area (Å²) >= 11 is 1.18. The average Bonchev–Trinajstić information content (AvgIpc) is 3.35. The molecule has 1 N–H and O–H groups in total. The summed E-state index contributed by atoms with van der Waals surface area (Å²) in [6.45, 7) is 4.60. The van der Waals surface area contributed by atoms with Crippen LogP contribution >= 0.6 is 11.3 Å². The Morgan fingerprint density at radius 1 is 1.19 bits per heavy atom. The standard InChI is InChI=1S/C33H38N4O9S2/c1-18-26-30(39)37(19(2)28(38)35-48(41,42)33(3)11-12-33)32(40)36(31(26)47-27(18)29-34-13-14-44-29)17-25(23-7-5-6-8-24(23)43-4)46-22-15-20-9-10-21(16-22)45-20/h5-8,13-14,19-22,25H,9-12,15-17H2,1-4H3,(H,35,38)/t19-,20-,21+,22+,25-/m0/s1. The number of nitrogens with one attached hydrogen (secondary N) is 1. The smallest absolute Gasteiger partial charge is 0.332 e. The van der Waals surface area contributed by atoms with Crippen LogP contribution in [0.15, 0.2) is 50.7 Å². The number of aryl methyl sites for hydroxylation is 1. The molecule has 4 aromatic rings. The molecule has 2 saturated heterocycles. The lowest BCUT2D eigenvalue weighted by molar-refractivity contribution is -0.122. The average molecular weight is 699 g/mol. The van der Waals surface area contributed by atoms with E-state index in [-0.39, 0.29) is 36.1 Å². The van der Waals surface area contributed by atoms with E-state index in [0.29, 0.717) is 52.3 Å². The molecule has 1 saturated carbocycles. The van der Waals surface area contributed by atoms with Crippen LogP contribution in [0.2, 0.25) is 0 Å². The van der Waals surface area contributed by atoms with Crippen LogP contribution in [0.3, 0.4) is 0 Å². The van der Waals surface area contributed by atoms with E-state index in [2.05, 4.69) is 9.71 Å². The fraction of sp³-hybridized carbons (Fsp3) is 0.515. The van der Waals surface area contributed by atoms with E-state index in [1.807, 2.05) is 24.3 Å². The van der Waals surface area contributed by atoms with E-state index in [9.17, 15) is 22.8 Å². The number of para-hydroxylation sites is 1. The molecule has 15 heteroatoms. The number of fused-ring (bicyclic) bond motifs is 3. The van der Waals surface area contributed by atoms with Crippen LogP contribution in [-0.4, -0.2) is 58.6 Å². The largest absolute Gasteiger partial charge is 0.496 e. The Balaban J connectivity index is 1.37. The van der Waals surface area contributed by atoms with Gasteiger partial charge in [-0.05, 0) is 70.9 Å². The third kappa shape index (κ3) is 5.69. The molecule has 1 aromatic carbocycles. The maximum Gasteiger partial charge on any atom is 0.332 e. The number of benzene rings is 1. The molecule has 7 rings (SSSR count). The Bertz CT molecular complexity index is 2080. The molecule has 2 bridgehead atoms. The highest BCUT2D eigenvalue weighted by Crippen LogP contribution is 2.43. The van der Waals surface area contributed by atoms with Gasteiger partial charge in [0.25, 0.3) is 11.5 Å². The van der Waals surface area contributed by atoms with E-state index >= 15 is 0 Å². The monoisotopic (exact) mass is 698 g/mol. The molecule has 0 radical (unpaired) electrons. The second kappa shape index (κ2) is 12.3. The van der Waals surface area contributed by atoms with Crippen molar-refractivity contribution in [3.05, 3.63) is 68.7 Å². The van der Waals surface area contributed by atoms with Gasteiger partial charge in [0.15, 0.2) is 0 Å². The normalized spacial score (nSPS) is 22.8. The van der Waals surface area contributed by atoms with Gasteiger partial charge in [0, 0.05) is 5.56 Å². The number of methoxy groups -OCH3 is 1. The number of hydrogen-bond donors (Lipinski definition) is 1. The van der Waals surface area contributed by atoms with Gasteiger partial charge in [0.05, 0.1) is 53.2 Å². The maximum absolute atomic E-state index is 14.5. The Hall–Kier alpha value is -3.79. The number of nitrogens with zero attached hydrogens (tertiary/aromatic N) is 3. The number of amides is 1. The van der Waals surface area contributed by atoms with Gasteiger partial charge in [0.2, 0.25) is 15.9 Å². The van der Waals surface area contributed by atoms with Gasteiger partial charge in [0.1, 0.15) is 29.0 Å². The van der Waals surface area contributed by atoms with E-state index < -0.39 is 44.1 Å². The van der Waals surface area contributed by atoms with Gasteiger partial charge < -0.3 is 18.6 Å². The Labute approximate surface area is 280 Å². The second-order valence-electron chi connectivity index (χ2n) is 13.2. The summed E-state index contributed by atoms with van der Waals surface area (Å²) in [5.74, 6) is -0.114. The fourth-order valence-corrected chi connectivity index (χ4v) is 9.34. The van der Waals surface area contributed by atoms with Crippen molar-refractivity contribution in [1.82, 2.24) is 18.8 Å². The zero-order valence-corrected chi connectivity index (χ0v) is 28.8. The molecule has 3 aromatic heterocycles. The molecule has 5 heterocycles. The van der Waals surface area contributed by atoms with Crippen molar-refractivity contribution in [2.24, 2.45) is 0 Å². The molecular weight excluding hydrogens is 661 g/mol. The van der Waals surface area contributed by atoms with Crippen LogP contribution in [0.25, 0.3) is 21.0 Å². The van der Waals surface area contributed by atoms with Gasteiger partial charge in [-0.25, -0.2) is 22.8 Å². The molecule has 0 spiro atoms. The van der Waals surface area contributed by atoms with E-state index in [1.165, 1.54) is 35.3 Å². The molecule has 2 aliphatic heterocycles. The first-order valence-corrected chi connectivity index (χ1v) is 18.4. The van der Waals surface area contributed by atoms with E-state index in [1.54, 1.807) is 21.0 Å². The molecule has 3 aliphatic rings. The minimum absolute atomic E-state index is 0.0294. The zero-order chi connectivity index (χ0) is 34.0. The van der Waals surface area contributed by atoms with Crippen LogP contribution in [0, 0.1) is 6.92 Å². The molecule has 13 nitrogen and oxygen atoms in total. The quantitative estimate of drug-likeness (QED) is 0.240. The maximum atomic E-state index is 14.5. The van der Waals surface area contributed by atoms with Crippen molar-refractivity contribution in [3.63, 3.8) is 0 Å². The molecule has 1 aliphatic carbocycles. The van der Waals surface area contributed by atoms with Crippen LogP contribution in [0.5, 0.6) is 5.75 Å². The summed E-state index contributed by atoms with van der Waals surface area (Å²) < 4.78 is 53.4. The topological polar surface area (TPSA) is 161 Å². The SMILES string of the molecule is COc1ccccc1[C@H](Cn1c(=O)n([C@@H](C)C(=O)NS(=O)(=O)C2(C)CC2)c(=O)c2c(C)c(-c3ncco3)sc21)O[C@H]1C[C@H]2CC[C@@H](C1)O2. The number of aromatic nitrogens is 3. The second-order valence-corrected chi connectivity index (χ2v) is 16.4.